The lowest BCUT2D eigenvalue weighted by atomic mass is 9.80. The summed E-state index contributed by atoms with van der Waals surface area (Å²) in [5.41, 5.74) is 2.77. The van der Waals surface area contributed by atoms with Crippen LogP contribution in [0.2, 0.25) is 5.02 Å². The predicted octanol–water partition coefficient (Wildman–Crippen LogP) is 8.20. The van der Waals surface area contributed by atoms with Crippen LogP contribution in [0.15, 0.2) is 77.3 Å². The van der Waals surface area contributed by atoms with Crippen LogP contribution >= 0.6 is 27.5 Å². The van der Waals surface area contributed by atoms with Crippen molar-refractivity contribution in [1.29, 1.82) is 0 Å². The van der Waals surface area contributed by atoms with E-state index in [0.717, 1.165) is 40.3 Å². The largest absolute Gasteiger partial charge is 0.457 e. The quantitative estimate of drug-likeness (QED) is 0.357. The summed E-state index contributed by atoms with van der Waals surface area (Å²) in [6, 6.07) is 24.5. The molecule has 3 aromatic rings. The summed E-state index contributed by atoms with van der Waals surface area (Å²) in [4.78, 5) is 0. The molecule has 140 valence electrons. The molecule has 0 radical (unpaired) electrons. The number of halogens is 2. The van der Waals surface area contributed by atoms with Crippen LogP contribution in [0.4, 0.5) is 0 Å². The van der Waals surface area contributed by atoms with Crippen LogP contribution in [0, 0.1) is 0 Å². The van der Waals surface area contributed by atoms with Crippen LogP contribution < -0.4 is 4.74 Å². The Labute approximate surface area is 175 Å². The van der Waals surface area contributed by atoms with Gasteiger partial charge in [0, 0.05) is 9.50 Å². The summed E-state index contributed by atoms with van der Waals surface area (Å²) < 4.78 is 7.02. The number of benzene rings is 3. The fourth-order valence-electron chi connectivity index (χ4n) is 3.18. The van der Waals surface area contributed by atoms with Crippen LogP contribution in [-0.4, -0.2) is 0 Å². The fraction of sp³-hybridized carbons (Fsp3) is 0.250. The molecule has 0 unspecified atom stereocenters. The van der Waals surface area contributed by atoms with Gasteiger partial charge >= 0.3 is 0 Å². The summed E-state index contributed by atoms with van der Waals surface area (Å²) >= 11 is 9.46. The van der Waals surface area contributed by atoms with Crippen molar-refractivity contribution in [2.45, 2.75) is 38.5 Å². The third-order valence-electron chi connectivity index (χ3n) is 4.84. The van der Waals surface area contributed by atoms with Crippen molar-refractivity contribution in [2.75, 3.05) is 0 Å². The van der Waals surface area contributed by atoms with E-state index in [4.69, 9.17) is 16.3 Å². The summed E-state index contributed by atoms with van der Waals surface area (Å²) in [6.07, 6.45) is 3.28. The van der Waals surface area contributed by atoms with E-state index < -0.39 is 0 Å². The summed E-state index contributed by atoms with van der Waals surface area (Å²) in [5.74, 6) is 1.73. The van der Waals surface area contributed by atoms with E-state index in [9.17, 15) is 0 Å². The Bertz CT molecular complexity index is 870. The van der Waals surface area contributed by atoms with Crippen LogP contribution in [0.5, 0.6) is 11.5 Å². The van der Waals surface area contributed by atoms with Gasteiger partial charge in [-0.25, -0.2) is 0 Å². The number of hydrogen-bond acceptors (Lipinski definition) is 1. The normalized spacial score (nSPS) is 11.4. The second-order valence-corrected chi connectivity index (χ2v) is 8.80. The zero-order chi connectivity index (χ0) is 19.3. The summed E-state index contributed by atoms with van der Waals surface area (Å²) in [5, 5.41) is 0.789. The molecule has 0 spiro atoms. The molecule has 0 bridgehead atoms. The van der Waals surface area contributed by atoms with Crippen molar-refractivity contribution in [3.63, 3.8) is 0 Å². The second-order valence-electron chi connectivity index (χ2n) is 7.45. The zero-order valence-electron chi connectivity index (χ0n) is 15.7. The standard InChI is InChI=1S/C24H24BrClO/c1-24(2,19-8-12-21(26)13-9-19)16-4-6-18-5-3-7-23(17-18)27-22-14-10-20(25)11-15-22/h3,5,7-15,17H,4,6,16H2,1-2H3. The van der Waals surface area contributed by atoms with Crippen molar-refractivity contribution in [3.8, 4) is 11.5 Å². The van der Waals surface area contributed by atoms with Gasteiger partial charge in [-0.2, -0.15) is 0 Å². The second kappa shape index (κ2) is 8.95. The van der Waals surface area contributed by atoms with Gasteiger partial charge < -0.3 is 4.74 Å². The van der Waals surface area contributed by atoms with Gasteiger partial charge in [-0.15, -0.1) is 0 Å². The molecule has 1 nitrogen and oxygen atoms in total. The lowest BCUT2D eigenvalue weighted by molar-refractivity contribution is 0.460. The van der Waals surface area contributed by atoms with E-state index in [1.54, 1.807) is 0 Å². The molecule has 3 heteroatoms. The molecule has 0 aliphatic heterocycles. The van der Waals surface area contributed by atoms with Crippen LogP contribution in [0.1, 0.15) is 37.8 Å². The van der Waals surface area contributed by atoms with E-state index >= 15 is 0 Å². The minimum Gasteiger partial charge on any atom is -0.457 e. The first-order chi connectivity index (χ1) is 12.9. The molecule has 0 fully saturated rings. The monoisotopic (exact) mass is 442 g/mol. The minimum absolute atomic E-state index is 0.135. The maximum absolute atomic E-state index is 6.01. The lowest BCUT2D eigenvalue weighted by Crippen LogP contribution is -2.17. The Balaban J connectivity index is 1.58. The average Bonchev–Trinajstić information content (AvgIpc) is 2.64. The zero-order valence-corrected chi connectivity index (χ0v) is 18.1. The third kappa shape index (κ3) is 5.85. The van der Waals surface area contributed by atoms with Crippen LogP contribution in [0.3, 0.4) is 0 Å². The van der Waals surface area contributed by atoms with Crippen molar-refractivity contribution in [3.05, 3.63) is 93.4 Å². The maximum atomic E-state index is 6.01. The maximum Gasteiger partial charge on any atom is 0.127 e. The number of ether oxygens (including phenoxy) is 1. The molecule has 0 saturated carbocycles. The van der Waals surface area contributed by atoms with Gasteiger partial charge in [-0.1, -0.05) is 65.6 Å². The van der Waals surface area contributed by atoms with E-state index in [-0.39, 0.29) is 5.41 Å². The van der Waals surface area contributed by atoms with Crippen LogP contribution in [0.25, 0.3) is 0 Å². The molecule has 27 heavy (non-hydrogen) atoms. The number of hydrogen-bond donors (Lipinski definition) is 0. The van der Waals surface area contributed by atoms with Gasteiger partial charge in [0.1, 0.15) is 11.5 Å². The number of rotatable bonds is 7. The highest BCUT2D eigenvalue weighted by molar-refractivity contribution is 9.10. The van der Waals surface area contributed by atoms with Crippen LogP contribution in [-0.2, 0) is 11.8 Å². The summed E-state index contributed by atoms with van der Waals surface area (Å²) in [7, 11) is 0. The molecule has 0 N–H and O–H groups in total. The Hall–Kier alpha value is -1.77. The molecule has 0 heterocycles. The molecule has 0 aromatic heterocycles. The molecule has 3 rings (SSSR count). The highest BCUT2D eigenvalue weighted by atomic mass is 79.9. The first-order valence-corrected chi connectivity index (χ1v) is 10.4. The van der Waals surface area contributed by atoms with Crippen molar-refractivity contribution >= 4 is 27.5 Å². The molecular weight excluding hydrogens is 420 g/mol. The average molecular weight is 444 g/mol. The number of aryl methyl sites for hydroxylation is 1. The van der Waals surface area contributed by atoms with Gasteiger partial charge in [0.2, 0.25) is 0 Å². The molecule has 0 aliphatic carbocycles. The molecule has 3 aromatic carbocycles. The third-order valence-corrected chi connectivity index (χ3v) is 5.62. The molecule has 0 amide bonds. The summed E-state index contributed by atoms with van der Waals surface area (Å²) in [6.45, 7) is 4.59. The SMILES string of the molecule is CC(C)(CCCc1cccc(Oc2ccc(Br)cc2)c1)c1ccc(Cl)cc1. The smallest absolute Gasteiger partial charge is 0.127 e. The predicted molar refractivity (Wildman–Crippen MR) is 118 cm³/mol. The van der Waals surface area contributed by atoms with Crippen molar-refractivity contribution in [2.24, 2.45) is 0 Å². The van der Waals surface area contributed by atoms with Gasteiger partial charge in [0.15, 0.2) is 0 Å². The molecule has 0 saturated heterocycles. The van der Waals surface area contributed by atoms with Gasteiger partial charge in [0.25, 0.3) is 0 Å². The van der Waals surface area contributed by atoms with Gasteiger partial charge in [-0.05, 0) is 84.3 Å². The minimum atomic E-state index is 0.135. The highest BCUT2D eigenvalue weighted by Crippen LogP contribution is 2.30. The van der Waals surface area contributed by atoms with Crippen molar-refractivity contribution in [1.82, 2.24) is 0 Å². The van der Waals surface area contributed by atoms with Gasteiger partial charge in [0.05, 0.1) is 0 Å². The van der Waals surface area contributed by atoms with Gasteiger partial charge in [-0.3, -0.25) is 0 Å². The molecule has 0 atom stereocenters. The van der Waals surface area contributed by atoms with E-state index in [1.807, 2.05) is 42.5 Å². The Kier molecular flexibility index (Phi) is 6.62. The van der Waals surface area contributed by atoms with E-state index in [1.165, 1.54) is 11.1 Å². The lowest BCUT2D eigenvalue weighted by Gasteiger charge is -2.25. The fourth-order valence-corrected chi connectivity index (χ4v) is 3.57. The first kappa shape index (κ1) is 20.0. The first-order valence-electron chi connectivity index (χ1n) is 9.21. The Morgan fingerprint density at radius 1 is 0.889 bits per heavy atom. The Morgan fingerprint density at radius 3 is 2.30 bits per heavy atom. The molecular formula is C24H24BrClO. The topological polar surface area (TPSA) is 9.23 Å². The van der Waals surface area contributed by atoms with E-state index in [2.05, 4.69) is 60.1 Å². The Morgan fingerprint density at radius 2 is 1.59 bits per heavy atom. The van der Waals surface area contributed by atoms with E-state index in [0.29, 0.717) is 0 Å². The highest BCUT2D eigenvalue weighted by Gasteiger charge is 2.19. The van der Waals surface area contributed by atoms with Crippen molar-refractivity contribution < 1.29 is 4.74 Å². The molecule has 0 aliphatic rings.